The van der Waals surface area contributed by atoms with Gasteiger partial charge in [-0.2, -0.15) is 0 Å². The fourth-order valence-electron chi connectivity index (χ4n) is 4.27. The van der Waals surface area contributed by atoms with E-state index in [-0.39, 0.29) is 11.4 Å². The summed E-state index contributed by atoms with van der Waals surface area (Å²) >= 11 is 23.8. The van der Waals surface area contributed by atoms with Gasteiger partial charge in [-0.3, -0.25) is 20.2 Å². The van der Waals surface area contributed by atoms with Gasteiger partial charge in [-0.1, -0.05) is 12.1 Å². The molecule has 0 aromatic heterocycles. The minimum Gasteiger partial charge on any atom is -0.320 e. The molecule has 0 aliphatic carbocycles. The zero-order valence-corrected chi connectivity index (χ0v) is 23.5. The average molecular weight is 582 g/mol. The van der Waals surface area contributed by atoms with Crippen molar-refractivity contribution in [1.29, 1.82) is 0 Å². The summed E-state index contributed by atoms with van der Waals surface area (Å²) in [5.74, 6) is 1.62. The number of nitro groups is 2. The van der Waals surface area contributed by atoms with Gasteiger partial charge in [0.15, 0.2) is 0 Å². The van der Waals surface area contributed by atoms with E-state index < -0.39 is 9.85 Å². The number of nitrogens with zero attached hydrogens (tertiary/aromatic N) is 4. The predicted octanol–water partition coefficient (Wildman–Crippen LogP) is 6.02. The van der Waals surface area contributed by atoms with Crippen LogP contribution < -0.4 is 0 Å². The first-order valence-electron chi connectivity index (χ1n) is 11.5. The molecule has 0 radical (unpaired) electrons. The summed E-state index contributed by atoms with van der Waals surface area (Å²) < 4.78 is 0.934. The number of nitro benzene ring substituents is 2. The second-order valence-corrected chi connectivity index (χ2v) is 10.9. The molecule has 0 aliphatic heterocycles. The highest BCUT2D eigenvalue weighted by atomic mass is 35.5. The van der Waals surface area contributed by atoms with Gasteiger partial charge in [-0.15, -0.1) is 46.4 Å². The van der Waals surface area contributed by atoms with Crippen molar-refractivity contribution in [3.63, 3.8) is 0 Å². The minimum absolute atomic E-state index is 0.0406. The Morgan fingerprint density at radius 3 is 1.19 bits per heavy atom. The summed E-state index contributed by atoms with van der Waals surface area (Å²) in [4.78, 5) is 23.0. The molecule has 0 unspecified atom stereocenters. The Labute approximate surface area is 231 Å². The van der Waals surface area contributed by atoms with Crippen LogP contribution in [0.4, 0.5) is 11.4 Å². The van der Waals surface area contributed by atoms with E-state index in [9.17, 15) is 20.2 Å². The molecule has 0 saturated heterocycles. The smallest absolute Gasteiger partial charge is 0.278 e. The van der Waals surface area contributed by atoms with Crippen LogP contribution in [0.3, 0.4) is 0 Å². The maximum Gasteiger partial charge on any atom is 0.278 e. The predicted molar refractivity (Wildman–Crippen MR) is 147 cm³/mol. The van der Waals surface area contributed by atoms with Crippen LogP contribution in [0.2, 0.25) is 0 Å². The first kappa shape index (κ1) is 30.5. The molecule has 0 N–H and O–H groups in total. The Hall–Kier alpha value is -1.68. The number of quaternary nitrogens is 2. The maximum atomic E-state index is 11.9. The number of rotatable bonds is 15. The first-order chi connectivity index (χ1) is 17.0. The standard InChI is InChI=1S/C24H32Cl4N4O4/c1-31(11-7-25,12-8-26)17-21-5-3-19(15-23(21)29(33)34)20-4-6-22(24(16-20)30(35)36)18-32(2,13-9-27)14-10-28/h3-6,15-16H,7-14,17-18H2,1-2H3/q+2. The molecular formula is C24H32Cl4N4O4+2. The van der Waals surface area contributed by atoms with Gasteiger partial charge < -0.3 is 8.97 Å². The normalized spacial score (nSPS) is 12.1. The highest BCUT2D eigenvalue weighted by Gasteiger charge is 2.28. The Balaban J connectivity index is 2.48. The summed E-state index contributed by atoms with van der Waals surface area (Å²) in [6.45, 7) is 3.26. The van der Waals surface area contributed by atoms with Gasteiger partial charge >= 0.3 is 0 Å². The van der Waals surface area contributed by atoms with E-state index in [0.29, 0.717) is 94.0 Å². The highest BCUT2D eigenvalue weighted by molar-refractivity contribution is 6.18. The zero-order valence-electron chi connectivity index (χ0n) is 20.5. The summed E-state index contributed by atoms with van der Waals surface area (Å²) in [6, 6.07) is 9.88. The van der Waals surface area contributed by atoms with Crippen molar-refractivity contribution in [2.45, 2.75) is 13.1 Å². The Morgan fingerprint density at radius 1 is 0.639 bits per heavy atom. The van der Waals surface area contributed by atoms with E-state index in [1.807, 2.05) is 14.1 Å². The van der Waals surface area contributed by atoms with E-state index in [1.54, 1.807) is 24.3 Å². The van der Waals surface area contributed by atoms with Crippen molar-refractivity contribution in [3.05, 3.63) is 67.8 Å². The van der Waals surface area contributed by atoms with Crippen LogP contribution in [-0.4, -0.2) is 82.6 Å². The molecule has 198 valence electrons. The van der Waals surface area contributed by atoms with Crippen molar-refractivity contribution >= 4 is 57.8 Å². The molecule has 0 fully saturated rings. The molecule has 2 rings (SSSR count). The van der Waals surface area contributed by atoms with Crippen LogP contribution in [-0.2, 0) is 13.1 Å². The monoisotopic (exact) mass is 580 g/mol. The minimum atomic E-state index is -0.422. The second-order valence-electron chi connectivity index (χ2n) is 9.41. The van der Waals surface area contributed by atoms with Crippen LogP contribution in [0.5, 0.6) is 0 Å². The summed E-state index contributed by atoms with van der Waals surface area (Å²) in [5, 5.41) is 23.9. The summed E-state index contributed by atoms with van der Waals surface area (Å²) in [6.07, 6.45) is 0. The lowest BCUT2D eigenvalue weighted by molar-refractivity contribution is -0.918. The van der Waals surface area contributed by atoms with Crippen molar-refractivity contribution in [1.82, 2.24) is 0 Å². The molecule has 2 aromatic carbocycles. The molecule has 0 heterocycles. The molecule has 0 atom stereocenters. The Morgan fingerprint density at radius 2 is 0.944 bits per heavy atom. The third-order valence-corrected chi connectivity index (χ3v) is 7.17. The lowest BCUT2D eigenvalue weighted by Crippen LogP contribution is -2.46. The molecule has 36 heavy (non-hydrogen) atoms. The van der Waals surface area contributed by atoms with Crippen LogP contribution in [0, 0.1) is 20.2 Å². The van der Waals surface area contributed by atoms with E-state index in [1.165, 1.54) is 12.1 Å². The van der Waals surface area contributed by atoms with Crippen LogP contribution >= 0.6 is 46.4 Å². The van der Waals surface area contributed by atoms with Gasteiger partial charge in [0, 0.05) is 12.1 Å². The molecule has 0 amide bonds. The average Bonchev–Trinajstić information content (AvgIpc) is 2.79. The Bertz CT molecular complexity index is 975. The number of halogens is 4. The molecule has 8 nitrogen and oxygen atoms in total. The molecule has 0 bridgehead atoms. The third kappa shape index (κ3) is 8.16. The third-order valence-electron chi connectivity index (χ3n) is 6.50. The van der Waals surface area contributed by atoms with Gasteiger partial charge in [0.05, 0.1) is 84.8 Å². The van der Waals surface area contributed by atoms with Crippen LogP contribution in [0.25, 0.3) is 11.1 Å². The number of hydrogen-bond acceptors (Lipinski definition) is 4. The van der Waals surface area contributed by atoms with Crippen molar-refractivity contribution in [2.75, 3.05) is 63.8 Å². The molecule has 0 saturated carbocycles. The maximum absolute atomic E-state index is 11.9. The molecule has 2 aromatic rings. The first-order valence-corrected chi connectivity index (χ1v) is 13.6. The summed E-state index contributed by atoms with van der Waals surface area (Å²) in [5.41, 5.74) is 2.10. The van der Waals surface area contributed by atoms with Crippen molar-refractivity contribution < 1.29 is 18.8 Å². The fourth-order valence-corrected chi connectivity index (χ4v) is 5.90. The van der Waals surface area contributed by atoms with Crippen molar-refractivity contribution in [3.8, 4) is 11.1 Å². The zero-order chi connectivity index (χ0) is 26.9. The van der Waals surface area contributed by atoms with Gasteiger partial charge in [0.25, 0.3) is 11.4 Å². The fraction of sp³-hybridized carbons (Fsp3) is 0.500. The lowest BCUT2D eigenvalue weighted by atomic mass is 9.99. The number of benzene rings is 2. The summed E-state index contributed by atoms with van der Waals surface area (Å²) in [7, 11) is 3.93. The van der Waals surface area contributed by atoms with Crippen LogP contribution in [0.1, 0.15) is 11.1 Å². The SMILES string of the molecule is C[N+](CCCl)(CCCl)Cc1ccc(-c2ccc(C[N+](C)(CCCl)CCCl)c([N+](=O)[O-])c2)cc1[N+](=O)[O-]. The van der Waals surface area contributed by atoms with E-state index in [4.69, 9.17) is 46.4 Å². The number of hydrogen-bond donors (Lipinski definition) is 0. The topological polar surface area (TPSA) is 86.3 Å². The van der Waals surface area contributed by atoms with Gasteiger partial charge in [-0.05, 0) is 23.3 Å². The molecule has 0 aliphatic rings. The van der Waals surface area contributed by atoms with Gasteiger partial charge in [-0.25, -0.2) is 0 Å². The molecule has 0 spiro atoms. The second kappa shape index (κ2) is 13.7. The quantitative estimate of drug-likeness (QED) is 0.111. The van der Waals surface area contributed by atoms with E-state index in [0.717, 1.165) is 0 Å². The van der Waals surface area contributed by atoms with Gasteiger partial charge in [0.1, 0.15) is 13.1 Å². The molecule has 12 heteroatoms. The van der Waals surface area contributed by atoms with Gasteiger partial charge in [0.2, 0.25) is 0 Å². The highest BCUT2D eigenvalue weighted by Crippen LogP contribution is 2.33. The lowest BCUT2D eigenvalue weighted by Gasteiger charge is -2.33. The largest absolute Gasteiger partial charge is 0.320 e. The Kier molecular flexibility index (Phi) is 11.7. The molecular weight excluding hydrogens is 550 g/mol. The van der Waals surface area contributed by atoms with Crippen LogP contribution in [0.15, 0.2) is 36.4 Å². The van der Waals surface area contributed by atoms with E-state index in [2.05, 4.69) is 0 Å². The van der Waals surface area contributed by atoms with E-state index >= 15 is 0 Å². The van der Waals surface area contributed by atoms with Crippen molar-refractivity contribution in [2.24, 2.45) is 0 Å². The number of alkyl halides is 4.